The number of pyridine rings is 2. The van der Waals surface area contributed by atoms with Crippen molar-refractivity contribution in [2.45, 2.75) is 6.23 Å². The van der Waals surface area contributed by atoms with Crippen molar-refractivity contribution in [1.82, 2.24) is 24.6 Å². The smallest absolute Gasteiger partial charge is 0.213 e. The highest BCUT2D eigenvalue weighted by atomic mass is 16.5. The number of ether oxygens (including phenoxy) is 1. The van der Waals surface area contributed by atoms with Gasteiger partial charge in [0.25, 0.3) is 0 Å². The second kappa shape index (κ2) is 6.51. The van der Waals surface area contributed by atoms with Gasteiger partial charge in [-0.05, 0) is 30.3 Å². The van der Waals surface area contributed by atoms with Crippen LogP contribution in [0.3, 0.4) is 0 Å². The van der Waals surface area contributed by atoms with Crippen molar-refractivity contribution < 1.29 is 9.84 Å². The topological polar surface area (TPSA) is 111 Å². The van der Waals surface area contributed by atoms with E-state index in [-0.39, 0.29) is 0 Å². The van der Waals surface area contributed by atoms with E-state index in [1.165, 1.54) is 10.7 Å². The highest BCUT2D eigenvalue weighted by Crippen LogP contribution is 2.29. The number of imidazole rings is 1. The lowest BCUT2D eigenvalue weighted by Gasteiger charge is -2.10. The summed E-state index contributed by atoms with van der Waals surface area (Å²) in [6.07, 6.45) is 2.04. The Morgan fingerprint density at radius 1 is 1.08 bits per heavy atom. The predicted molar refractivity (Wildman–Crippen MR) is 95.1 cm³/mol. The Bertz CT molecular complexity index is 1080. The Kier molecular flexibility index (Phi) is 4.04. The Hall–Kier alpha value is -3.36. The Labute approximate surface area is 148 Å². The van der Waals surface area contributed by atoms with Gasteiger partial charge in [0.15, 0.2) is 5.65 Å². The van der Waals surface area contributed by atoms with Crippen molar-refractivity contribution in [1.29, 1.82) is 0 Å². The average molecular weight is 348 g/mol. The molecule has 3 N–H and O–H groups in total. The van der Waals surface area contributed by atoms with Crippen molar-refractivity contribution in [3.05, 3.63) is 60.6 Å². The van der Waals surface area contributed by atoms with Crippen LogP contribution in [0.2, 0.25) is 0 Å². The summed E-state index contributed by atoms with van der Waals surface area (Å²) in [5, 5.41) is 14.3. The average Bonchev–Trinajstić information content (AvgIpc) is 3.11. The molecule has 8 nitrogen and oxygen atoms in total. The third-order valence-electron chi connectivity index (χ3n) is 3.95. The number of hydrogen-bond acceptors (Lipinski definition) is 7. The fourth-order valence-corrected chi connectivity index (χ4v) is 2.71. The van der Waals surface area contributed by atoms with Gasteiger partial charge in [-0.15, -0.1) is 0 Å². The van der Waals surface area contributed by atoms with Gasteiger partial charge in [0, 0.05) is 17.8 Å². The molecule has 0 aliphatic carbocycles. The zero-order chi connectivity index (χ0) is 18.1. The Balaban J connectivity index is 1.88. The Morgan fingerprint density at radius 2 is 1.96 bits per heavy atom. The highest BCUT2D eigenvalue weighted by Gasteiger charge is 2.15. The first kappa shape index (κ1) is 16.1. The minimum atomic E-state index is -1.17. The van der Waals surface area contributed by atoms with Gasteiger partial charge in [-0.3, -0.25) is 4.98 Å². The maximum atomic E-state index is 9.70. The van der Waals surface area contributed by atoms with E-state index >= 15 is 0 Å². The fraction of sp³-hybridized carbons (Fsp3) is 0.111. The van der Waals surface area contributed by atoms with E-state index in [1.54, 1.807) is 19.4 Å². The van der Waals surface area contributed by atoms with Crippen molar-refractivity contribution in [3.63, 3.8) is 0 Å². The molecule has 1 unspecified atom stereocenters. The van der Waals surface area contributed by atoms with Crippen molar-refractivity contribution in [3.8, 4) is 28.5 Å². The molecular formula is C18H16N6O2. The van der Waals surface area contributed by atoms with Gasteiger partial charge < -0.3 is 15.6 Å². The van der Waals surface area contributed by atoms with E-state index in [1.807, 2.05) is 36.4 Å². The van der Waals surface area contributed by atoms with Crippen LogP contribution in [0.15, 0.2) is 54.9 Å². The second-order valence-corrected chi connectivity index (χ2v) is 5.58. The zero-order valence-electron chi connectivity index (χ0n) is 13.9. The van der Waals surface area contributed by atoms with E-state index in [0.717, 1.165) is 5.56 Å². The van der Waals surface area contributed by atoms with Gasteiger partial charge in [-0.1, -0.05) is 6.07 Å². The lowest BCUT2D eigenvalue weighted by molar-refractivity contribution is 0.179. The van der Waals surface area contributed by atoms with Gasteiger partial charge in [0.2, 0.25) is 5.88 Å². The summed E-state index contributed by atoms with van der Waals surface area (Å²) < 4.78 is 6.73. The second-order valence-electron chi connectivity index (χ2n) is 5.58. The number of aliphatic hydroxyl groups excluding tert-OH is 1. The molecule has 0 fully saturated rings. The summed E-state index contributed by atoms with van der Waals surface area (Å²) in [6, 6.07) is 12.9. The maximum absolute atomic E-state index is 9.70. The summed E-state index contributed by atoms with van der Waals surface area (Å²) in [5.74, 6) is 0.505. The molecule has 0 amide bonds. The third-order valence-corrected chi connectivity index (χ3v) is 3.95. The monoisotopic (exact) mass is 348 g/mol. The van der Waals surface area contributed by atoms with E-state index in [2.05, 4.69) is 20.1 Å². The molecule has 0 aromatic carbocycles. The first-order valence-corrected chi connectivity index (χ1v) is 7.92. The van der Waals surface area contributed by atoms with Gasteiger partial charge in [0.1, 0.15) is 11.9 Å². The van der Waals surface area contributed by atoms with Crippen LogP contribution in [0.4, 0.5) is 0 Å². The molecule has 8 heteroatoms. The molecule has 1 atom stereocenters. The number of rotatable bonds is 4. The summed E-state index contributed by atoms with van der Waals surface area (Å²) in [4.78, 5) is 13.1. The number of aliphatic hydroxyl groups is 1. The van der Waals surface area contributed by atoms with Gasteiger partial charge >= 0.3 is 0 Å². The van der Waals surface area contributed by atoms with Crippen molar-refractivity contribution >= 4 is 5.65 Å². The first-order chi connectivity index (χ1) is 12.7. The summed E-state index contributed by atoms with van der Waals surface area (Å²) in [7, 11) is 1.57. The lowest BCUT2D eigenvalue weighted by Crippen LogP contribution is -2.12. The van der Waals surface area contributed by atoms with Crippen LogP contribution in [0.25, 0.3) is 28.3 Å². The molecule has 0 aliphatic heterocycles. The van der Waals surface area contributed by atoms with Crippen molar-refractivity contribution in [2.24, 2.45) is 5.73 Å². The van der Waals surface area contributed by atoms with E-state index in [4.69, 9.17) is 10.5 Å². The van der Waals surface area contributed by atoms with Crippen LogP contribution >= 0.6 is 0 Å². The van der Waals surface area contributed by atoms with Crippen LogP contribution in [0.5, 0.6) is 5.88 Å². The lowest BCUT2D eigenvalue weighted by atomic mass is 10.1. The molecule has 0 saturated carbocycles. The van der Waals surface area contributed by atoms with E-state index in [0.29, 0.717) is 34.3 Å². The molecule has 0 aliphatic rings. The molecule has 0 saturated heterocycles. The van der Waals surface area contributed by atoms with E-state index < -0.39 is 6.23 Å². The summed E-state index contributed by atoms with van der Waals surface area (Å²) in [6.45, 7) is 0. The Morgan fingerprint density at radius 3 is 2.77 bits per heavy atom. The highest BCUT2D eigenvalue weighted by molar-refractivity contribution is 5.77. The number of nitrogens with zero attached hydrogens (tertiary/aromatic N) is 5. The number of hydrogen-bond donors (Lipinski definition) is 2. The maximum Gasteiger partial charge on any atom is 0.213 e. The largest absolute Gasteiger partial charge is 0.481 e. The van der Waals surface area contributed by atoms with Crippen LogP contribution in [-0.4, -0.2) is 36.8 Å². The van der Waals surface area contributed by atoms with Crippen molar-refractivity contribution in [2.75, 3.05) is 7.11 Å². The molecule has 4 aromatic rings. The SMILES string of the molecule is COc1cccc(-c2ncccc2-c2ccc3ncc(C(N)O)n3n2)n1. The van der Waals surface area contributed by atoms with Gasteiger partial charge in [0.05, 0.1) is 30.4 Å². The molecule has 0 bridgehead atoms. The van der Waals surface area contributed by atoms with Crippen LogP contribution in [-0.2, 0) is 0 Å². The molecule has 4 aromatic heterocycles. The zero-order valence-corrected chi connectivity index (χ0v) is 13.9. The summed E-state index contributed by atoms with van der Waals surface area (Å²) >= 11 is 0. The van der Waals surface area contributed by atoms with Gasteiger partial charge in [-0.25, -0.2) is 14.5 Å². The molecule has 4 rings (SSSR count). The third kappa shape index (κ3) is 2.77. The van der Waals surface area contributed by atoms with Crippen LogP contribution < -0.4 is 10.5 Å². The molecule has 4 heterocycles. The van der Waals surface area contributed by atoms with Crippen LogP contribution in [0.1, 0.15) is 11.9 Å². The molecular weight excluding hydrogens is 332 g/mol. The minimum Gasteiger partial charge on any atom is -0.481 e. The standard InChI is InChI=1S/C18H16N6O2/c1-26-16-6-2-5-13(22-16)17-11(4-3-9-20-17)12-7-8-15-21-10-14(18(19)25)24(15)23-12/h2-10,18,25H,19H2,1H3. The first-order valence-electron chi connectivity index (χ1n) is 7.92. The fourth-order valence-electron chi connectivity index (χ4n) is 2.71. The number of fused-ring (bicyclic) bond motifs is 1. The van der Waals surface area contributed by atoms with E-state index in [9.17, 15) is 5.11 Å². The number of nitrogens with two attached hydrogens (primary N) is 1. The normalized spacial score (nSPS) is 12.3. The minimum absolute atomic E-state index is 0.409. The quantitative estimate of drug-likeness (QED) is 0.541. The molecule has 26 heavy (non-hydrogen) atoms. The summed E-state index contributed by atoms with van der Waals surface area (Å²) in [5.41, 5.74) is 9.39. The number of aromatic nitrogens is 5. The molecule has 0 spiro atoms. The number of methoxy groups -OCH3 is 1. The molecule has 0 radical (unpaired) electrons. The van der Waals surface area contributed by atoms with Crippen LogP contribution in [0, 0.1) is 0 Å². The predicted octanol–water partition coefficient (Wildman–Crippen LogP) is 1.81. The van der Waals surface area contributed by atoms with Gasteiger partial charge in [-0.2, -0.15) is 5.10 Å². The molecule has 130 valence electrons.